The van der Waals surface area contributed by atoms with Crippen LogP contribution in [0, 0.1) is 0 Å². The van der Waals surface area contributed by atoms with E-state index in [9.17, 15) is 4.79 Å². The Balaban J connectivity index is 1.51. The summed E-state index contributed by atoms with van der Waals surface area (Å²) < 4.78 is 1.25. The minimum Gasteiger partial charge on any atom is -0.325 e. The number of fused-ring (bicyclic) bond motifs is 2. The number of thiophene rings is 1. The third kappa shape index (κ3) is 2.45. The van der Waals surface area contributed by atoms with Gasteiger partial charge in [0.05, 0.1) is 5.25 Å². The number of hydrogen-bond donors (Lipinski definition) is 1. The lowest BCUT2D eigenvalue weighted by Gasteiger charge is -2.10. The van der Waals surface area contributed by atoms with Crippen molar-refractivity contribution in [2.45, 2.75) is 16.6 Å². The highest BCUT2D eigenvalue weighted by atomic mass is 32.2. The number of carbonyl (C=O) groups is 1. The topological polar surface area (TPSA) is 29.1 Å². The van der Waals surface area contributed by atoms with Gasteiger partial charge in [-0.2, -0.15) is 0 Å². The molecular formula is C17H13NOS2. The summed E-state index contributed by atoms with van der Waals surface area (Å²) in [7, 11) is 0. The smallest absolute Gasteiger partial charge is 0.238 e. The van der Waals surface area contributed by atoms with E-state index in [1.807, 2.05) is 24.3 Å². The molecule has 1 unspecified atom stereocenters. The van der Waals surface area contributed by atoms with Crippen LogP contribution in [0.3, 0.4) is 0 Å². The fourth-order valence-corrected chi connectivity index (χ4v) is 4.56. The molecule has 4 rings (SSSR count). The van der Waals surface area contributed by atoms with Gasteiger partial charge < -0.3 is 5.32 Å². The molecule has 0 bridgehead atoms. The fourth-order valence-electron chi connectivity index (χ4n) is 2.60. The number of anilines is 1. The molecule has 2 nitrogen and oxygen atoms in total. The van der Waals surface area contributed by atoms with Crippen molar-refractivity contribution in [1.82, 2.24) is 0 Å². The minimum atomic E-state index is -0.0272. The molecule has 1 amide bonds. The molecule has 104 valence electrons. The van der Waals surface area contributed by atoms with E-state index in [-0.39, 0.29) is 11.2 Å². The molecule has 0 saturated carbocycles. The van der Waals surface area contributed by atoms with E-state index in [0.29, 0.717) is 0 Å². The van der Waals surface area contributed by atoms with Crippen LogP contribution in [-0.2, 0) is 11.2 Å². The molecule has 0 aliphatic carbocycles. The zero-order valence-corrected chi connectivity index (χ0v) is 12.8. The Hall–Kier alpha value is -1.78. The first-order valence-corrected chi connectivity index (χ1v) is 8.58. The van der Waals surface area contributed by atoms with E-state index >= 15 is 0 Å². The number of rotatable bonds is 2. The lowest BCUT2D eigenvalue weighted by molar-refractivity contribution is -0.115. The summed E-state index contributed by atoms with van der Waals surface area (Å²) in [5, 5.41) is 6.27. The van der Waals surface area contributed by atoms with Crippen LogP contribution in [-0.4, -0.2) is 11.2 Å². The fraction of sp³-hybridized carbons (Fsp3) is 0.118. The lowest BCUT2D eigenvalue weighted by atomic mass is 10.1. The molecule has 1 atom stereocenters. The maximum Gasteiger partial charge on any atom is 0.238 e. The number of carbonyl (C=O) groups excluding carboxylic acids is 1. The second kappa shape index (κ2) is 5.20. The van der Waals surface area contributed by atoms with E-state index in [0.717, 1.165) is 12.1 Å². The van der Waals surface area contributed by atoms with Gasteiger partial charge in [0.2, 0.25) is 5.91 Å². The summed E-state index contributed by atoms with van der Waals surface area (Å²) in [6.07, 6.45) is 0.813. The van der Waals surface area contributed by atoms with Gasteiger partial charge in [0.1, 0.15) is 0 Å². The number of thioether (sulfide) groups is 1. The normalized spacial score (nSPS) is 16.9. The van der Waals surface area contributed by atoms with Crippen molar-refractivity contribution in [1.29, 1.82) is 0 Å². The van der Waals surface area contributed by atoms with E-state index in [2.05, 4.69) is 35.0 Å². The zero-order valence-electron chi connectivity index (χ0n) is 11.2. The molecular weight excluding hydrogens is 298 g/mol. The summed E-state index contributed by atoms with van der Waals surface area (Å²) in [5.41, 5.74) is 2.15. The maximum atomic E-state index is 12.4. The Morgan fingerprint density at radius 2 is 2.05 bits per heavy atom. The van der Waals surface area contributed by atoms with Crippen LogP contribution < -0.4 is 5.32 Å². The molecule has 2 aromatic carbocycles. The summed E-state index contributed by atoms with van der Waals surface area (Å²) in [4.78, 5) is 13.7. The highest BCUT2D eigenvalue weighted by molar-refractivity contribution is 8.01. The number of benzene rings is 2. The Kier molecular flexibility index (Phi) is 3.20. The van der Waals surface area contributed by atoms with E-state index in [1.165, 1.54) is 20.5 Å². The molecule has 0 radical (unpaired) electrons. The van der Waals surface area contributed by atoms with Crippen molar-refractivity contribution in [3.05, 3.63) is 59.5 Å². The van der Waals surface area contributed by atoms with Crippen LogP contribution in [0.5, 0.6) is 0 Å². The first-order chi connectivity index (χ1) is 10.3. The third-order valence-corrected chi connectivity index (χ3v) is 5.87. The number of nitrogens with one attached hydrogen (secondary N) is 1. The van der Waals surface area contributed by atoms with Crippen molar-refractivity contribution in [3.8, 4) is 0 Å². The lowest BCUT2D eigenvalue weighted by Crippen LogP contribution is -2.24. The highest BCUT2D eigenvalue weighted by Crippen LogP contribution is 2.37. The van der Waals surface area contributed by atoms with Gasteiger partial charge in [0.15, 0.2) is 0 Å². The molecule has 1 aliphatic rings. The van der Waals surface area contributed by atoms with Crippen LogP contribution in [0.2, 0.25) is 0 Å². The predicted molar refractivity (Wildman–Crippen MR) is 90.2 cm³/mol. The molecule has 1 aromatic heterocycles. The highest BCUT2D eigenvalue weighted by Gasteiger charge is 2.27. The van der Waals surface area contributed by atoms with Gasteiger partial charge in [-0.05, 0) is 53.1 Å². The summed E-state index contributed by atoms with van der Waals surface area (Å²) in [6.45, 7) is 0. The van der Waals surface area contributed by atoms with Crippen molar-refractivity contribution in [3.63, 3.8) is 0 Å². The Bertz CT molecular complexity index is 799. The summed E-state index contributed by atoms with van der Waals surface area (Å²) in [5.74, 6) is 0.0887. The minimum absolute atomic E-state index is 0.0272. The monoisotopic (exact) mass is 311 g/mol. The second-order valence-electron chi connectivity index (χ2n) is 5.08. The molecule has 2 heterocycles. The third-order valence-electron chi connectivity index (χ3n) is 3.66. The first kappa shape index (κ1) is 12.9. The van der Waals surface area contributed by atoms with Crippen LogP contribution in [0.25, 0.3) is 10.1 Å². The van der Waals surface area contributed by atoms with Crippen molar-refractivity contribution in [2.24, 2.45) is 0 Å². The van der Waals surface area contributed by atoms with Crippen LogP contribution >= 0.6 is 23.1 Å². The van der Waals surface area contributed by atoms with Gasteiger partial charge in [0.25, 0.3) is 0 Å². The van der Waals surface area contributed by atoms with Crippen molar-refractivity contribution < 1.29 is 4.79 Å². The van der Waals surface area contributed by atoms with Crippen LogP contribution in [0.1, 0.15) is 5.56 Å². The first-order valence-electron chi connectivity index (χ1n) is 6.82. The molecule has 0 saturated heterocycles. The van der Waals surface area contributed by atoms with E-state index in [4.69, 9.17) is 0 Å². The molecule has 3 aromatic rings. The number of hydrogen-bond acceptors (Lipinski definition) is 3. The SMILES string of the molecule is O=C(Nc1ccc2sccc2c1)C1Cc2ccccc2S1. The van der Waals surface area contributed by atoms with E-state index < -0.39 is 0 Å². The molecule has 4 heteroatoms. The van der Waals surface area contributed by atoms with Gasteiger partial charge in [-0.3, -0.25) is 4.79 Å². The average Bonchev–Trinajstić information content (AvgIpc) is 3.13. The van der Waals surface area contributed by atoms with Gasteiger partial charge in [0, 0.05) is 15.3 Å². The Morgan fingerprint density at radius 3 is 2.95 bits per heavy atom. The Labute approximate surface area is 131 Å². The van der Waals surface area contributed by atoms with Gasteiger partial charge >= 0.3 is 0 Å². The van der Waals surface area contributed by atoms with E-state index in [1.54, 1.807) is 23.1 Å². The summed E-state index contributed by atoms with van der Waals surface area (Å²) in [6, 6.07) is 16.4. The molecule has 1 N–H and O–H groups in total. The van der Waals surface area contributed by atoms with Gasteiger partial charge in [-0.1, -0.05) is 18.2 Å². The summed E-state index contributed by atoms with van der Waals surface area (Å²) >= 11 is 3.37. The molecule has 0 spiro atoms. The van der Waals surface area contributed by atoms with Crippen LogP contribution in [0.15, 0.2) is 58.8 Å². The molecule has 1 aliphatic heterocycles. The quantitative estimate of drug-likeness (QED) is 0.752. The predicted octanol–water partition coefficient (Wildman–Crippen LogP) is 4.56. The zero-order chi connectivity index (χ0) is 14.2. The van der Waals surface area contributed by atoms with Gasteiger partial charge in [-0.25, -0.2) is 0 Å². The van der Waals surface area contributed by atoms with Crippen molar-refractivity contribution >= 4 is 44.8 Å². The average molecular weight is 311 g/mol. The second-order valence-corrected chi connectivity index (χ2v) is 7.27. The standard InChI is InChI=1S/C17H13NOS2/c19-17(16-10-11-3-1-2-4-15(11)21-16)18-13-5-6-14-12(9-13)7-8-20-14/h1-9,16H,10H2,(H,18,19). The maximum absolute atomic E-state index is 12.4. The molecule has 21 heavy (non-hydrogen) atoms. The van der Waals surface area contributed by atoms with Gasteiger partial charge in [-0.15, -0.1) is 23.1 Å². The van der Waals surface area contributed by atoms with Crippen molar-refractivity contribution in [2.75, 3.05) is 5.32 Å². The van der Waals surface area contributed by atoms with Crippen LogP contribution in [0.4, 0.5) is 5.69 Å². The largest absolute Gasteiger partial charge is 0.325 e. The molecule has 0 fully saturated rings. The number of amides is 1. The Morgan fingerprint density at radius 1 is 1.14 bits per heavy atom.